The third-order valence-corrected chi connectivity index (χ3v) is 3.87. The number of aromatic nitrogens is 2. The number of halogens is 1. The SMILES string of the molecule is Cc1ccc2nc(C)c(C(=O)N[C@@H](C)c3ccc(F)cc3)n2c1. The van der Waals surface area contributed by atoms with Crippen LogP contribution in [0.2, 0.25) is 0 Å². The van der Waals surface area contributed by atoms with E-state index >= 15 is 0 Å². The molecule has 1 atom stereocenters. The maximum absolute atomic E-state index is 13.0. The number of hydrogen-bond acceptors (Lipinski definition) is 2. The Bertz CT molecular complexity index is 868. The number of fused-ring (bicyclic) bond motifs is 1. The molecule has 0 fully saturated rings. The molecular formula is C18H18FN3O. The van der Waals surface area contributed by atoms with Crippen LogP contribution in [0.25, 0.3) is 5.65 Å². The Morgan fingerprint density at radius 2 is 1.87 bits per heavy atom. The van der Waals surface area contributed by atoms with Crippen LogP contribution in [0.15, 0.2) is 42.6 Å². The molecule has 23 heavy (non-hydrogen) atoms. The van der Waals surface area contributed by atoms with E-state index in [0.29, 0.717) is 11.4 Å². The van der Waals surface area contributed by atoms with E-state index in [4.69, 9.17) is 0 Å². The van der Waals surface area contributed by atoms with E-state index in [9.17, 15) is 9.18 Å². The minimum absolute atomic E-state index is 0.197. The molecule has 5 heteroatoms. The average Bonchev–Trinajstić information content (AvgIpc) is 2.83. The molecule has 0 saturated carbocycles. The summed E-state index contributed by atoms with van der Waals surface area (Å²) in [6.45, 7) is 5.66. The van der Waals surface area contributed by atoms with Crippen LogP contribution in [-0.4, -0.2) is 15.3 Å². The van der Waals surface area contributed by atoms with Crippen molar-refractivity contribution in [1.29, 1.82) is 0 Å². The predicted molar refractivity (Wildman–Crippen MR) is 86.9 cm³/mol. The van der Waals surface area contributed by atoms with Gasteiger partial charge in [0.15, 0.2) is 0 Å². The first-order valence-electron chi connectivity index (χ1n) is 7.47. The standard InChI is InChI=1S/C18H18FN3O/c1-11-4-9-16-20-13(3)17(22(16)10-11)18(23)21-12(2)14-5-7-15(19)8-6-14/h4-10,12H,1-3H3,(H,21,23)/t12-/m0/s1. The molecule has 1 aromatic carbocycles. The minimum Gasteiger partial charge on any atom is -0.344 e. The molecule has 0 spiro atoms. The van der Waals surface area contributed by atoms with Gasteiger partial charge in [0.1, 0.15) is 17.2 Å². The highest BCUT2D eigenvalue weighted by atomic mass is 19.1. The van der Waals surface area contributed by atoms with Gasteiger partial charge in [0, 0.05) is 6.20 Å². The van der Waals surface area contributed by atoms with Crippen molar-refractivity contribution in [3.8, 4) is 0 Å². The molecule has 0 unspecified atom stereocenters. The van der Waals surface area contributed by atoms with Gasteiger partial charge in [-0.05, 0) is 50.1 Å². The topological polar surface area (TPSA) is 46.4 Å². The van der Waals surface area contributed by atoms with Gasteiger partial charge in [0.25, 0.3) is 5.91 Å². The fraction of sp³-hybridized carbons (Fsp3) is 0.222. The number of carbonyl (C=O) groups is 1. The molecule has 0 aliphatic carbocycles. The van der Waals surface area contributed by atoms with Crippen LogP contribution >= 0.6 is 0 Å². The second-order valence-corrected chi connectivity index (χ2v) is 5.73. The lowest BCUT2D eigenvalue weighted by atomic mass is 10.1. The van der Waals surface area contributed by atoms with E-state index in [1.807, 2.05) is 39.1 Å². The van der Waals surface area contributed by atoms with Crippen LogP contribution in [0, 0.1) is 19.7 Å². The molecule has 2 heterocycles. The lowest BCUT2D eigenvalue weighted by Gasteiger charge is -2.14. The van der Waals surface area contributed by atoms with E-state index in [2.05, 4.69) is 10.3 Å². The van der Waals surface area contributed by atoms with Gasteiger partial charge in [-0.25, -0.2) is 9.37 Å². The number of rotatable bonds is 3. The van der Waals surface area contributed by atoms with Crippen molar-refractivity contribution < 1.29 is 9.18 Å². The number of carbonyl (C=O) groups excluding carboxylic acids is 1. The third-order valence-electron chi connectivity index (χ3n) is 3.87. The highest BCUT2D eigenvalue weighted by Gasteiger charge is 2.19. The van der Waals surface area contributed by atoms with Gasteiger partial charge in [0.2, 0.25) is 0 Å². The van der Waals surface area contributed by atoms with Gasteiger partial charge in [-0.15, -0.1) is 0 Å². The lowest BCUT2D eigenvalue weighted by molar-refractivity contribution is 0.0933. The molecule has 2 aromatic heterocycles. The zero-order chi connectivity index (χ0) is 16.6. The predicted octanol–water partition coefficient (Wildman–Crippen LogP) is 3.58. The van der Waals surface area contributed by atoms with Gasteiger partial charge < -0.3 is 5.32 Å². The van der Waals surface area contributed by atoms with Crippen LogP contribution in [0.4, 0.5) is 4.39 Å². The summed E-state index contributed by atoms with van der Waals surface area (Å²) < 4.78 is 14.8. The number of aryl methyl sites for hydroxylation is 2. The highest BCUT2D eigenvalue weighted by molar-refractivity contribution is 5.94. The van der Waals surface area contributed by atoms with Gasteiger partial charge in [-0.2, -0.15) is 0 Å². The molecule has 0 radical (unpaired) electrons. The van der Waals surface area contributed by atoms with E-state index in [0.717, 1.165) is 16.8 Å². The lowest BCUT2D eigenvalue weighted by Crippen LogP contribution is -2.28. The van der Waals surface area contributed by atoms with E-state index in [1.54, 1.807) is 16.5 Å². The first kappa shape index (κ1) is 15.2. The first-order chi connectivity index (χ1) is 11.0. The summed E-state index contributed by atoms with van der Waals surface area (Å²) in [7, 11) is 0. The van der Waals surface area contributed by atoms with Crippen molar-refractivity contribution in [1.82, 2.24) is 14.7 Å². The van der Waals surface area contributed by atoms with Gasteiger partial charge in [0.05, 0.1) is 11.7 Å². The van der Waals surface area contributed by atoms with Gasteiger partial charge >= 0.3 is 0 Å². The molecule has 4 nitrogen and oxygen atoms in total. The van der Waals surface area contributed by atoms with E-state index in [1.165, 1.54) is 12.1 Å². The Balaban J connectivity index is 1.90. The van der Waals surface area contributed by atoms with E-state index < -0.39 is 0 Å². The summed E-state index contributed by atoms with van der Waals surface area (Å²) in [5, 5.41) is 2.95. The molecule has 1 amide bonds. The van der Waals surface area contributed by atoms with Crippen molar-refractivity contribution in [3.63, 3.8) is 0 Å². The van der Waals surface area contributed by atoms with E-state index in [-0.39, 0.29) is 17.8 Å². The number of hydrogen-bond donors (Lipinski definition) is 1. The largest absolute Gasteiger partial charge is 0.344 e. The second-order valence-electron chi connectivity index (χ2n) is 5.73. The monoisotopic (exact) mass is 311 g/mol. The summed E-state index contributed by atoms with van der Waals surface area (Å²) in [4.78, 5) is 17.1. The molecule has 0 aliphatic rings. The Morgan fingerprint density at radius 3 is 2.57 bits per heavy atom. The number of nitrogens with zero attached hydrogens (tertiary/aromatic N) is 2. The van der Waals surface area contributed by atoms with Crippen molar-refractivity contribution in [2.45, 2.75) is 26.8 Å². The molecule has 0 saturated heterocycles. The highest BCUT2D eigenvalue weighted by Crippen LogP contribution is 2.17. The zero-order valence-electron chi connectivity index (χ0n) is 13.3. The molecular weight excluding hydrogens is 293 g/mol. The van der Waals surface area contributed by atoms with Crippen molar-refractivity contribution in [3.05, 3.63) is 70.9 Å². The maximum Gasteiger partial charge on any atom is 0.270 e. The Labute approximate surface area is 134 Å². The Hall–Kier alpha value is -2.69. The number of nitrogens with one attached hydrogen (secondary N) is 1. The molecule has 118 valence electrons. The zero-order valence-corrected chi connectivity index (χ0v) is 13.3. The fourth-order valence-corrected chi connectivity index (χ4v) is 2.64. The number of benzene rings is 1. The minimum atomic E-state index is -0.291. The van der Waals surface area contributed by atoms with Crippen LogP contribution in [0.1, 0.15) is 40.3 Å². The average molecular weight is 311 g/mol. The van der Waals surface area contributed by atoms with Crippen LogP contribution in [0.3, 0.4) is 0 Å². The van der Waals surface area contributed by atoms with Crippen molar-refractivity contribution in [2.75, 3.05) is 0 Å². The quantitative estimate of drug-likeness (QED) is 0.803. The van der Waals surface area contributed by atoms with Crippen LogP contribution in [0.5, 0.6) is 0 Å². The molecule has 3 aromatic rings. The summed E-state index contributed by atoms with van der Waals surface area (Å²) in [6, 6.07) is 9.75. The van der Waals surface area contributed by atoms with Crippen molar-refractivity contribution >= 4 is 11.6 Å². The molecule has 0 aliphatic heterocycles. The number of pyridine rings is 1. The Morgan fingerprint density at radius 1 is 1.17 bits per heavy atom. The van der Waals surface area contributed by atoms with Crippen molar-refractivity contribution in [2.24, 2.45) is 0 Å². The smallest absolute Gasteiger partial charge is 0.270 e. The first-order valence-corrected chi connectivity index (χ1v) is 7.47. The third kappa shape index (κ3) is 2.95. The molecule has 0 bridgehead atoms. The molecule has 1 N–H and O–H groups in total. The second kappa shape index (κ2) is 5.83. The van der Waals surface area contributed by atoms with Crippen LogP contribution < -0.4 is 5.32 Å². The summed E-state index contributed by atoms with van der Waals surface area (Å²) >= 11 is 0. The number of amides is 1. The van der Waals surface area contributed by atoms with Gasteiger partial charge in [-0.1, -0.05) is 18.2 Å². The summed E-state index contributed by atoms with van der Waals surface area (Å²) in [5.74, 6) is -0.488. The number of imidazole rings is 1. The summed E-state index contributed by atoms with van der Waals surface area (Å²) in [5.41, 5.74) is 3.85. The van der Waals surface area contributed by atoms with Crippen LogP contribution in [-0.2, 0) is 0 Å². The fourth-order valence-electron chi connectivity index (χ4n) is 2.64. The Kier molecular flexibility index (Phi) is 3.86. The normalized spacial score (nSPS) is 12.3. The molecule has 3 rings (SSSR count). The summed E-state index contributed by atoms with van der Waals surface area (Å²) in [6.07, 6.45) is 1.90. The maximum atomic E-state index is 13.0. The van der Waals surface area contributed by atoms with Gasteiger partial charge in [-0.3, -0.25) is 9.20 Å².